The Labute approximate surface area is 142 Å². The van der Waals surface area contributed by atoms with Gasteiger partial charge in [0.1, 0.15) is 0 Å². The molecule has 0 bridgehead atoms. The van der Waals surface area contributed by atoms with E-state index in [4.69, 9.17) is 16.3 Å². The first-order chi connectivity index (χ1) is 11.2. The minimum atomic E-state index is 0.200. The predicted molar refractivity (Wildman–Crippen MR) is 93.1 cm³/mol. The summed E-state index contributed by atoms with van der Waals surface area (Å²) < 4.78 is 5.48. The summed E-state index contributed by atoms with van der Waals surface area (Å²) in [4.78, 5) is 2.48. The van der Waals surface area contributed by atoms with Crippen LogP contribution in [0.4, 0.5) is 0 Å². The van der Waals surface area contributed by atoms with Crippen molar-refractivity contribution in [1.82, 2.24) is 4.90 Å². The summed E-state index contributed by atoms with van der Waals surface area (Å²) in [7, 11) is 0. The van der Waals surface area contributed by atoms with Gasteiger partial charge in [-0.25, -0.2) is 0 Å². The fourth-order valence-corrected chi connectivity index (χ4v) is 3.37. The molecular weight excluding hydrogens is 310 g/mol. The van der Waals surface area contributed by atoms with Crippen molar-refractivity contribution in [3.63, 3.8) is 0 Å². The maximum absolute atomic E-state index is 9.83. The molecule has 0 amide bonds. The van der Waals surface area contributed by atoms with Crippen LogP contribution in [0.2, 0.25) is 5.02 Å². The van der Waals surface area contributed by atoms with Crippen LogP contribution in [0.15, 0.2) is 42.5 Å². The topological polar surface area (TPSA) is 32.7 Å². The minimum Gasteiger partial charge on any atom is -0.504 e. The second kappa shape index (κ2) is 7.24. The molecule has 0 radical (unpaired) electrons. The Hall–Kier alpha value is -1.71. The first-order valence-corrected chi connectivity index (χ1v) is 8.49. The van der Waals surface area contributed by atoms with Gasteiger partial charge in [-0.05, 0) is 61.7 Å². The molecule has 23 heavy (non-hydrogen) atoms. The number of phenols is 1. The van der Waals surface area contributed by atoms with Gasteiger partial charge in [-0.1, -0.05) is 29.8 Å². The lowest BCUT2D eigenvalue weighted by Crippen LogP contribution is -2.22. The van der Waals surface area contributed by atoms with Crippen molar-refractivity contribution in [3.8, 4) is 11.5 Å². The van der Waals surface area contributed by atoms with Crippen LogP contribution in [0.1, 0.15) is 36.9 Å². The van der Waals surface area contributed by atoms with Crippen molar-refractivity contribution >= 4 is 11.6 Å². The van der Waals surface area contributed by atoms with Gasteiger partial charge in [-0.2, -0.15) is 0 Å². The predicted octanol–water partition coefficient (Wildman–Crippen LogP) is 4.78. The Morgan fingerprint density at radius 2 is 2.00 bits per heavy atom. The zero-order valence-corrected chi connectivity index (χ0v) is 14.1. The van der Waals surface area contributed by atoms with Crippen molar-refractivity contribution in [2.24, 2.45) is 0 Å². The standard InChI is InChI=1S/C19H22ClNO2/c1-2-23-19-12-14(5-10-18(19)22)13-21-11-3-4-17(21)15-6-8-16(20)9-7-15/h5-10,12,17,22H,2-4,11,13H2,1H3/t17-/m1/s1. The minimum absolute atomic E-state index is 0.200. The average molecular weight is 332 g/mol. The van der Waals surface area contributed by atoms with Crippen molar-refractivity contribution in [1.29, 1.82) is 0 Å². The molecular formula is C19H22ClNO2. The van der Waals surface area contributed by atoms with Gasteiger partial charge in [0.25, 0.3) is 0 Å². The SMILES string of the molecule is CCOc1cc(CN2CCC[C@@H]2c2ccc(Cl)cc2)ccc1O. The van der Waals surface area contributed by atoms with Gasteiger partial charge in [0.2, 0.25) is 0 Å². The molecule has 0 unspecified atom stereocenters. The zero-order chi connectivity index (χ0) is 16.2. The molecule has 122 valence electrons. The lowest BCUT2D eigenvalue weighted by atomic mass is 10.0. The van der Waals surface area contributed by atoms with E-state index >= 15 is 0 Å². The highest BCUT2D eigenvalue weighted by Crippen LogP contribution is 2.35. The number of aromatic hydroxyl groups is 1. The van der Waals surface area contributed by atoms with Crippen LogP contribution < -0.4 is 4.74 Å². The van der Waals surface area contributed by atoms with E-state index in [-0.39, 0.29) is 5.75 Å². The van der Waals surface area contributed by atoms with Gasteiger partial charge in [0.15, 0.2) is 11.5 Å². The van der Waals surface area contributed by atoms with Gasteiger partial charge < -0.3 is 9.84 Å². The van der Waals surface area contributed by atoms with E-state index in [1.807, 2.05) is 31.2 Å². The first kappa shape index (κ1) is 16.2. The van der Waals surface area contributed by atoms with E-state index in [9.17, 15) is 5.11 Å². The van der Waals surface area contributed by atoms with Crippen LogP contribution in [-0.2, 0) is 6.54 Å². The maximum atomic E-state index is 9.83. The Morgan fingerprint density at radius 1 is 1.22 bits per heavy atom. The molecule has 1 atom stereocenters. The smallest absolute Gasteiger partial charge is 0.161 e. The number of benzene rings is 2. The number of phenolic OH excluding ortho intramolecular Hbond substituents is 1. The third-order valence-corrected chi connectivity index (χ3v) is 4.58. The molecule has 0 saturated carbocycles. The zero-order valence-electron chi connectivity index (χ0n) is 13.3. The molecule has 0 spiro atoms. The number of nitrogens with zero attached hydrogens (tertiary/aromatic N) is 1. The monoisotopic (exact) mass is 331 g/mol. The lowest BCUT2D eigenvalue weighted by molar-refractivity contribution is 0.247. The number of hydrogen-bond donors (Lipinski definition) is 1. The third-order valence-electron chi connectivity index (χ3n) is 4.33. The molecule has 1 N–H and O–H groups in total. The summed E-state index contributed by atoms with van der Waals surface area (Å²) in [6, 6.07) is 14.2. The quantitative estimate of drug-likeness (QED) is 0.855. The summed E-state index contributed by atoms with van der Waals surface area (Å²) in [5.41, 5.74) is 2.47. The first-order valence-electron chi connectivity index (χ1n) is 8.11. The molecule has 2 aromatic rings. The molecule has 3 rings (SSSR count). The Balaban J connectivity index is 1.76. The fraction of sp³-hybridized carbons (Fsp3) is 0.368. The van der Waals surface area contributed by atoms with Gasteiger partial charge in [-0.3, -0.25) is 4.90 Å². The van der Waals surface area contributed by atoms with E-state index < -0.39 is 0 Å². The van der Waals surface area contributed by atoms with Crippen molar-refractivity contribution in [2.45, 2.75) is 32.4 Å². The van der Waals surface area contributed by atoms with Crippen molar-refractivity contribution in [2.75, 3.05) is 13.2 Å². The van der Waals surface area contributed by atoms with Gasteiger partial charge in [0, 0.05) is 17.6 Å². The van der Waals surface area contributed by atoms with E-state index in [1.165, 1.54) is 12.0 Å². The summed E-state index contributed by atoms with van der Waals surface area (Å²) in [6.07, 6.45) is 2.36. The molecule has 1 aliphatic rings. The normalized spacial score (nSPS) is 18.3. The van der Waals surface area contributed by atoms with Gasteiger partial charge in [0.05, 0.1) is 6.61 Å². The number of ether oxygens (including phenoxy) is 1. The highest BCUT2D eigenvalue weighted by atomic mass is 35.5. The average Bonchev–Trinajstić information content (AvgIpc) is 3.00. The Bertz CT molecular complexity index is 657. The molecule has 1 saturated heterocycles. The maximum Gasteiger partial charge on any atom is 0.161 e. The summed E-state index contributed by atoms with van der Waals surface area (Å²) in [5.74, 6) is 0.763. The highest BCUT2D eigenvalue weighted by Gasteiger charge is 2.26. The molecule has 0 aromatic heterocycles. The summed E-state index contributed by atoms with van der Waals surface area (Å²) in [6.45, 7) is 4.41. The van der Waals surface area contributed by atoms with Crippen LogP contribution in [0.3, 0.4) is 0 Å². The number of rotatable bonds is 5. The number of hydrogen-bond acceptors (Lipinski definition) is 3. The van der Waals surface area contributed by atoms with Crippen LogP contribution >= 0.6 is 11.6 Å². The van der Waals surface area contributed by atoms with Crippen molar-refractivity contribution in [3.05, 3.63) is 58.6 Å². The third kappa shape index (κ3) is 3.80. The number of halogens is 1. The largest absolute Gasteiger partial charge is 0.504 e. The van der Waals surface area contributed by atoms with Crippen LogP contribution in [0.5, 0.6) is 11.5 Å². The van der Waals surface area contributed by atoms with Gasteiger partial charge >= 0.3 is 0 Å². The number of likely N-dealkylation sites (tertiary alicyclic amines) is 1. The van der Waals surface area contributed by atoms with Crippen LogP contribution in [-0.4, -0.2) is 23.2 Å². The highest BCUT2D eigenvalue weighted by molar-refractivity contribution is 6.30. The molecule has 1 heterocycles. The molecule has 3 nitrogen and oxygen atoms in total. The lowest BCUT2D eigenvalue weighted by Gasteiger charge is -2.25. The Morgan fingerprint density at radius 3 is 2.74 bits per heavy atom. The van der Waals surface area contributed by atoms with E-state index in [1.54, 1.807) is 6.07 Å². The molecule has 4 heteroatoms. The Kier molecular flexibility index (Phi) is 5.09. The van der Waals surface area contributed by atoms with E-state index in [0.717, 1.165) is 30.1 Å². The second-order valence-corrected chi connectivity index (χ2v) is 6.35. The molecule has 0 aliphatic carbocycles. The summed E-state index contributed by atoms with van der Waals surface area (Å²) >= 11 is 6.00. The van der Waals surface area contributed by atoms with Crippen LogP contribution in [0.25, 0.3) is 0 Å². The molecule has 1 fully saturated rings. The fourth-order valence-electron chi connectivity index (χ4n) is 3.24. The van der Waals surface area contributed by atoms with Gasteiger partial charge in [-0.15, -0.1) is 0 Å². The van der Waals surface area contributed by atoms with Crippen LogP contribution in [0, 0.1) is 0 Å². The summed E-state index contributed by atoms with van der Waals surface area (Å²) in [5, 5.41) is 10.6. The second-order valence-electron chi connectivity index (χ2n) is 5.92. The van der Waals surface area contributed by atoms with E-state index in [2.05, 4.69) is 17.0 Å². The molecule has 1 aliphatic heterocycles. The van der Waals surface area contributed by atoms with E-state index in [0.29, 0.717) is 18.4 Å². The molecule has 2 aromatic carbocycles. The van der Waals surface area contributed by atoms with Crippen molar-refractivity contribution < 1.29 is 9.84 Å².